The van der Waals surface area contributed by atoms with E-state index in [9.17, 15) is 4.79 Å². The Morgan fingerprint density at radius 1 is 1.32 bits per heavy atom. The van der Waals surface area contributed by atoms with E-state index in [1.807, 2.05) is 20.9 Å². The summed E-state index contributed by atoms with van der Waals surface area (Å²) in [5.41, 5.74) is 2.37. The molecule has 102 valence electrons. The summed E-state index contributed by atoms with van der Waals surface area (Å²) in [5.74, 6) is -0.154. The van der Waals surface area contributed by atoms with Gasteiger partial charge in [-0.25, -0.2) is 0 Å². The van der Waals surface area contributed by atoms with Gasteiger partial charge in [-0.05, 0) is 20.8 Å². The van der Waals surface area contributed by atoms with Crippen LogP contribution in [0, 0.1) is 13.8 Å². The van der Waals surface area contributed by atoms with Gasteiger partial charge in [-0.1, -0.05) is 11.6 Å². The predicted molar refractivity (Wildman–Crippen MR) is 73.3 cm³/mol. The number of aromatic nitrogens is 4. The van der Waals surface area contributed by atoms with Crippen LogP contribution in [0.3, 0.4) is 0 Å². The van der Waals surface area contributed by atoms with Crippen molar-refractivity contribution in [3.8, 4) is 0 Å². The second-order valence-corrected chi connectivity index (χ2v) is 4.86. The fourth-order valence-electron chi connectivity index (χ4n) is 1.76. The van der Waals surface area contributed by atoms with E-state index in [0.29, 0.717) is 10.7 Å². The number of carbonyl (C=O) groups excluding carboxylic acids is 1. The van der Waals surface area contributed by atoms with E-state index in [1.54, 1.807) is 22.5 Å². The van der Waals surface area contributed by atoms with Gasteiger partial charge in [-0.2, -0.15) is 10.2 Å². The summed E-state index contributed by atoms with van der Waals surface area (Å²) in [6.45, 7) is 5.50. The van der Waals surface area contributed by atoms with Crippen molar-refractivity contribution in [1.82, 2.24) is 19.6 Å². The number of nitrogens with zero attached hydrogens (tertiary/aromatic N) is 4. The van der Waals surface area contributed by atoms with Crippen LogP contribution in [0.15, 0.2) is 12.4 Å². The van der Waals surface area contributed by atoms with E-state index in [-0.39, 0.29) is 5.91 Å². The minimum absolute atomic E-state index is 0.154. The maximum atomic E-state index is 12.2. The van der Waals surface area contributed by atoms with Crippen LogP contribution < -0.4 is 5.32 Å². The molecule has 0 aliphatic carbocycles. The molecule has 0 bridgehead atoms. The van der Waals surface area contributed by atoms with Crippen molar-refractivity contribution >= 4 is 23.2 Å². The van der Waals surface area contributed by atoms with Gasteiger partial charge >= 0.3 is 0 Å². The van der Waals surface area contributed by atoms with E-state index in [4.69, 9.17) is 11.6 Å². The van der Waals surface area contributed by atoms with Crippen LogP contribution in [-0.4, -0.2) is 25.5 Å². The van der Waals surface area contributed by atoms with Crippen LogP contribution in [0.2, 0.25) is 5.02 Å². The molecular weight excluding hydrogens is 266 g/mol. The van der Waals surface area contributed by atoms with Crippen LogP contribution in [0.1, 0.15) is 24.4 Å². The number of hydrogen-bond donors (Lipinski definition) is 1. The normalized spacial score (nSPS) is 12.5. The molecule has 2 aromatic heterocycles. The standard InChI is InChI=1S/C12H16ClN5O/c1-7-10(13)5-15-18(7)9(3)12(19)16-11-6-14-17(4)8(11)2/h5-6,9H,1-4H3,(H,16,19). The Labute approximate surface area is 116 Å². The minimum atomic E-state index is -0.438. The molecule has 2 aromatic rings. The molecule has 1 N–H and O–H groups in total. The lowest BCUT2D eigenvalue weighted by atomic mass is 10.3. The SMILES string of the molecule is Cc1c(NC(=O)C(C)n2ncc(Cl)c2C)cnn1C. The molecule has 0 aromatic carbocycles. The lowest BCUT2D eigenvalue weighted by Crippen LogP contribution is -2.25. The topological polar surface area (TPSA) is 64.7 Å². The second kappa shape index (κ2) is 5.05. The fourth-order valence-corrected chi connectivity index (χ4v) is 1.89. The number of rotatable bonds is 3. The van der Waals surface area contributed by atoms with Crippen molar-refractivity contribution in [2.45, 2.75) is 26.8 Å². The van der Waals surface area contributed by atoms with Crippen LogP contribution in [0.4, 0.5) is 5.69 Å². The van der Waals surface area contributed by atoms with Gasteiger partial charge < -0.3 is 5.32 Å². The molecule has 0 aliphatic heterocycles. The first-order valence-corrected chi connectivity index (χ1v) is 6.28. The minimum Gasteiger partial charge on any atom is -0.321 e. The highest BCUT2D eigenvalue weighted by Crippen LogP contribution is 2.20. The fraction of sp³-hybridized carbons (Fsp3) is 0.417. The van der Waals surface area contributed by atoms with E-state index < -0.39 is 6.04 Å². The lowest BCUT2D eigenvalue weighted by molar-refractivity contribution is -0.119. The number of amides is 1. The quantitative estimate of drug-likeness (QED) is 0.937. The summed E-state index contributed by atoms with van der Waals surface area (Å²) in [4.78, 5) is 12.2. The summed E-state index contributed by atoms with van der Waals surface area (Å²) in [7, 11) is 1.83. The van der Waals surface area contributed by atoms with Crippen LogP contribution in [0.5, 0.6) is 0 Å². The molecule has 1 amide bonds. The molecule has 2 heterocycles. The van der Waals surface area contributed by atoms with Crippen molar-refractivity contribution < 1.29 is 4.79 Å². The third kappa shape index (κ3) is 2.49. The molecule has 0 spiro atoms. The monoisotopic (exact) mass is 281 g/mol. The molecule has 0 radical (unpaired) electrons. The van der Waals surface area contributed by atoms with Crippen molar-refractivity contribution in [3.63, 3.8) is 0 Å². The summed E-state index contributed by atoms with van der Waals surface area (Å²) in [6, 6.07) is -0.438. The highest BCUT2D eigenvalue weighted by atomic mass is 35.5. The Bertz CT molecular complexity index is 616. The number of halogens is 1. The van der Waals surface area contributed by atoms with Gasteiger partial charge in [0.1, 0.15) is 6.04 Å². The Morgan fingerprint density at radius 2 is 2.00 bits per heavy atom. The van der Waals surface area contributed by atoms with E-state index >= 15 is 0 Å². The van der Waals surface area contributed by atoms with Gasteiger partial charge in [0.15, 0.2) is 0 Å². The van der Waals surface area contributed by atoms with Crippen LogP contribution in [0.25, 0.3) is 0 Å². The molecule has 0 saturated heterocycles. The van der Waals surface area contributed by atoms with Gasteiger partial charge in [-0.15, -0.1) is 0 Å². The Morgan fingerprint density at radius 3 is 2.47 bits per heavy atom. The molecular formula is C12H16ClN5O. The number of aryl methyl sites for hydroxylation is 1. The van der Waals surface area contributed by atoms with Crippen LogP contribution >= 0.6 is 11.6 Å². The molecule has 2 rings (SSSR count). The number of anilines is 1. The average Bonchev–Trinajstić information content (AvgIpc) is 2.87. The molecule has 6 nitrogen and oxygen atoms in total. The molecule has 19 heavy (non-hydrogen) atoms. The van der Waals surface area contributed by atoms with E-state index in [1.165, 1.54) is 6.20 Å². The third-order valence-electron chi connectivity index (χ3n) is 3.22. The maximum Gasteiger partial charge on any atom is 0.249 e. The summed E-state index contributed by atoms with van der Waals surface area (Å²) in [5, 5.41) is 11.6. The molecule has 0 saturated carbocycles. The predicted octanol–water partition coefficient (Wildman–Crippen LogP) is 2.09. The first-order valence-electron chi connectivity index (χ1n) is 5.91. The zero-order valence-corrected chi connectivity index (χ0v) is 12.1. The molecule has 0 fully saturated rings. The number of hydrogen-bond acceptors (Lipinski definition) is 3. The first-order chi connectivity index (χ1) is 8.91. The lowest BCUT2D eigenvalue weighted by Gasteiger charge is -2.14. The van der Waals surface area contributed by atoms with Gasteiger partial charge in [0, 0.05) is 7.05 Å². The van der Waals surface area contributed by atoms with Gasteiger partial charge in [0.05, 0.1) is 34.5 Å². The van der Waals surface area contributed by atoms with Crippen molar-refractivity contribution in [2.24, 2.45) is 7.05 Å². The summed E-state index contributed by atoms with van der Waals surface area (Å²) < 4.78 is 3.31. The number of carbonyl (C=O) groups is 1. The van der Waals surface area contributed by atoms with Crippen LogP contribution in [-0.2, 0) is 11.8 Å². The highest BCUT2D eigenvalue weighted by molar-refractivity contribution is 6.31. The Hall–Kier alpha value is -1.82. The highest BCUT2D eigenvalue weighted by Gasteiger charge is 2.20. The summed E-state index contributed by atoms with van der Waals surface area (Å²) >= 11 is 5.94. The first kappa shape index (κ1) is 13.6. The van der Waals surface area contributed by atoms with Crippen molar-refractivity contribution in [1.29, 1.82) is 0 Å². The zero-order chi connectivity index (χ0) is 14.2. The third-order valence-corrected chi connectivity index (χ3v) is 3.60. The average molecular weight is 282 g/mol. The second-order valence-electron chi connectivity index (χ2n) is 4.45. The van der Waals surface area contributed by atoms with Gasteiger partial charge in [-0.3, -0.25) is 14.2 Å². The Balaban J connectivity index is 2.16. The maximum absolute atomic E-state index is 12.2. The van der Waals surface area contributed by atoms with E-state index in [2.05, 4.69) is 15.5 Å². The van der Waals surface area contributed by atoms with Crippen molar-refractivity contribution in [3.05, 3.63) is 28.8 Å². The summed E-state index contributed by atoms with van der Waals surface area (Å²) in [6.07, 6.45) is 3.17. The largest absolute Gasteiger partial charge is 0.321 e. The molecule has 7 heteroatoms. The number of nitrogens with one attached hydrogen (secondary N) is 1. The Kier molecular flexibility index (Phi) is 3.61. The smallest absolute Gasteiger partial charge is 0.249 e. The zero-order valence-electron chi connectivity index (χ0n) is 11.3. The van der Waals surface area contributed by atoms with Gasteiger partial charge in [0.2, 0.25) is 5.91 Å². The molecule has 1 unspecified atom stereocenters. The molecule has 0 aliphatic rings. The van der Waals surface area contributed by atoms with Gasteiger partial charge in [0.25, 0.3) is 0 Å². The van der Waals surface area contributed by atoms with E-state index in [0.717, 1.165) is 11.4 Å². The van der Waals surface area contributed by atoms with Crippen molar-refractivity contribution in [2.75, 3.05) is 5.32 Å². The molecule has 1 atom stereocenters.